The van der Waals surface area contributed by atoms with E-state index in [0.717, 1.165) is 21.4 Å². The Hall–Kier alpha value is -4.84. The van der Waals surface area contributed by atoms with Gasteiger partial charge in [-0.2, -0.15) is 14.6 Å². The normalized spacial score (nSPS) is 11.7. The van der Waals surface area contributed by atoms with Crippen molar-refractivity contribution in [3.8, 4) is 22.8 Å². The third-order valence-electron chi connectivity index (χ3n) is 5.51. The van der Waals surface area contributed by atoms with Crippen molar-refractivity contribution in [2.45, 2.75) is 6.42 Å². The van der Waals surface area contributed by atoms with Crippen LogP contribution in [0.2, 0.25) is 0 Å². The van der Waals surface area contributed by atoms with Crippen molar-refractivity contribution in [1.29, 1.82) is 0 Å². The number of nitrogens with zero attached hydrogens (tertiary/aromatic N) is 4. The molecule has 0 aliphatic heterocycles. The predicted molar refractivity (Wildman–Crippen MR) is 135 cm³/mol. The average Bonchev–Trinajstić information content (AvgIpc) is 3.49. The molecule has 0 amide bonds. The molecule has 5 rings (SSSR count). The fourth-order valence-corrected chi connectivity index (χ4v) is 4.61. The van der Waals surface area contributed by atoms with Gasteiger partial charge in [0, 0.05) is 30.2 Å². The summed E-state index contributed by atoms with van der Waals surface area (Å²) < 4.78 is 17.7. The first kappa shape index (κ1) is 23.9. The molecule has 2 aromatic carbocycles. The van der Waals surface area contributed by atoms with Crippen molar-refractivity contribution in [3.63, 3.8) is 0 Å². The maximum Gasteiger partial charge on any atom is 0.296 e. The quantitative estimate of drug-likeness (QED) is 0.235. The molecule has 0 radical (unpaired) electrons. The molecular formula is C25H18N4O7S. The van der Waals surface area contributed by atoms with Crippen LogP contribution in [0.3, 0.4) is 0 Å². The Morgan fingerprint density at radius 1 is 1.08 bits per heavy atom. The van der Waals surface area contributed by atoms with Crippen molar-refractivity contribution in [3.05, 3.63) is 107 Å². The maximum atomic E-state index is 13.0. The minimum Gasteiger partial charge on any atom is -0.493 e. The molecule has 0 unspecified atom stereocenters. The fraction of sp³-hybridized carbons (Fsp3) is 0.120. The lowest BCUT2D eigenvalue weighted by Crippen LogP contribution is -2.28. The van der Waals surface area contributed by atoms with Crippen LogP contribution in [-0.4, -0.2) is 33.7 Å². The van der Waals surface area contributed by atoms with E-state index in [2.05, 4.69) is 10.1 Å². The minimum atomic E-state index is -0.534. The van der Waals surface area contributed by atoms with E-state index in [1.165, 1.54) is 32.4 Å². The van der Waals surface area contributed by atoms with Gasteiger partial charge in [0.1, 0.15) is 21.7 Å². The molecule has 5 aromatic rings. The number of aromatic nitrogens is 3. The largest absolute Gasteiger partial charge is 0.493 e. The molecule has 37 heavy (non-hydrogen) atoms. The first-order valence-electron chi connectivity index (χ1n) is 10.9. The zero-order chi connectivity index (χ0) is 26.1. The molecule has 0 fully saturated rings. The van der Waals surface area contributed by atoms with Crippen molar-refractivity contribution in [2.75, 3.05) is 14.2 Å². The molecule has 0 aliphatic rings. The summed E-state index contributed by atoms with van der Waals surface area (Å²) in [6.07, 6.45) is 1.66. The van der Waals surface area contributed by atoms with E-state index >= 15 is 0 Å². The molecule has 3 aromatic heterocycles. The van der Waals surface area contributed by atoms with Gasteiger partial charge in [-0.15, -0.1) is 0 Å². The molecule has 3 heterocycles. The fourth-order valence-electron chi connectivity index (χ4n) is 3.72. The number of thiazole rings is 1. The summed E-state index contributed by atoms with van der Waals surface area (Å²) in [7, 11) is 3.04. The SMILES string of the molecule is COc1ccc(Cc2nn3c(=O)c(=Cc4ccc(-c5cccc([N+](=O)[O-])c5)o4)sc3nc2=O)cc1OC. The Kier molecular flexibility index (Phi) is 6.24. The highest BCUT2D eigenvalue weighted by Crippen LogP contribution is 2.28. The first-order chi connectivity index (χ1) is 17.9. The van der Waals surface area contributed by atoms with Crippen LogP contribution in [0, 0.1) is 10.1 Å². The van der Waals surface area contributed by atoms with Crippen LogP contribution in [0.4, 0.5) is 5.69 Å². The Labute approximate surface area is 212 Å². The number of benzene rings is 2. The van der Waals surface area contributed by atoms with Crippen LogP contribution in [0.15, 0.2) is 68.6 Å². The van der Waals surface area contributed by atoms with Crippen molar-refractivity contribution < 1.29 is 18.8 Å². The summed E-state index contributed by atoms with van der Waals surface area (Å²) in [5.74, 6) is 1.83. The van der Waals surface area contributed by atoms with Gasteiger partial charge in [-0.25, -0.2) is 0 Å². The summed E-state index contributed by atoms with van der Waals surface area (Å²) in [5, 5.41) is 15.3. The van der Waals surface area contributed by atoms with Gasteiger partial charge in [-0.3, -0.25) is 19.7 Å². The summed E-state index contributed by atoms with van der Waals surface area (Å²) >= 11 is 1.01. The van der Waals surface area contributed by atoms with Gasteiger partial charge in [0.2, 0.25) is 4.96 Å². The second kappa shape index (κ2) is 9.66. The number of nitro groups is 1. The van der Waals surface area contributed by atoms with Gasteiger partial charge in [-0.05, 0) is 29.8 Å². The number of hydrogen-bond donors (Lipinski definition) is 0. The van der Waals surface area contributed by atoms with E-state index in [1.54, 1.807) is 42.5 Å². The topological polar surface area (TPSA) is 139 Å². The summed E-state index contributed by atoms with van der Waals surface area (Å²) in [6.45, 7) is 0. The molecule has 0 bridgehead atoms. The highest BCUT2D eigenvalue weighted by molar-refractivity contribution is 7.15. The molecule has 0 spiro atoms. The smallest absolute Gasteiger partial charge is 0.296 e. The van der Waals surface area contributed by atoms with E-state index in [4.69, 9.17) is 13.9 Å². The van der Waals surface area contributed by atoms with Crippen LogP contribution < -0.4 is 25.1 Å². The number of fused-ring (bicyclic) bond motifs is 1. The monoisotopic (exact) mass is 518 g/mol. The minimum absolute atomic E-state index is 0.0587. The molecular weight excluding hydrogens is 500 g/mol. The Balaban J connectivity index is 1.49. The third-order valence-corrected chi connectivity index (χ3v) is 6.47. The van der Waals surface area contributed by atoms with Gasteiger partial charge in [0.15, 0.2) is 11.5 Å². The van der Waals surface area contributed by atoms with E-state index in [0.29, 0.717) is 28.6 Å². The first-order valence-corrected chi connectivity index (χ1v) is 11.7. The number of methoxy groups -OCH3 is 2. The van der Waals surface area contributed by atoms with E-state index in [-0.39, 0.29) is 27.3 Å². The number of nitro benzene ring substituents is 1. The lowest BCUT2D eigenvalue weighted by Gasteiger charge is -2.09. The van der Waals surface area contributed by atoms with Gasteiger partial charge < -0.3 is 13.9 Å². The standard InChI is InChI=1S/C25H18N4O7S/c1-34-20-8-6-14(11-21(20)35-2)10-18-23(30)26-25-28(27-18)24(31)22(37-25)13-17-7-9-19(36-17)15-4-3-5-16(12-15)29(32)33/h3-9,11-13H,10H2,1-2H3. The second-order valence-electron chi connectivity index (χ2n) is 7.85. The predicted octanol–water partition coefficient (Wildman–Crippen LogP) is 2.84. The average molecular weight is 519 g/mol. The lowest BCUT2D eigenvalue weighted by atomic mass is 10.1. The van der Waals surface area contributed by atoms with Crippen molar-refractivity contribution >= 4 is 28.1 Å². The summed E-state index contributed by atoms with van der Waals surface area (Å²) in [4.78, 5) is 40.4. The Morgan fingerprint density at radius 3 is 2.65 bits per heavy atom. The second-order valence-corrected chi connectivity index (χ2v) is 8.86. The number of non-ortho nitro benzene ring substituents is 1. The summed E-state index contributed by atoms with van der Waals surface area (Å²) in [5.41, 5.74) is 0.334. The molecule has 11 nitrogen and oxygen atoms in total. The molecule has 12 heteroatoms. The van der Waals surface area contributed by atoms with Crippen LogP contribution in [0.5, 0.6) is 11.5 Å². The highest BCUT2D eigenvalue weighted by Gasteiger charge is 2.14. The zero-order valence-corrected chi connectivity index (χ0v) is 20.4. The van der Waals surface area contributed by atoms with E-state index in [9.17, 15) is 19.7 Å². The molecule has 0 saturated carbocycles. The van der Waals surface area contributed by atoms with Crippen LogP contribution >= 0.6 is 11.3 Å². The van der Waals surface area contributed by atoms with Crippen molar-refractivity contribution in [1.82, 2.24) is 14.6 Å². The van der Waals surface area contributed by atoms with E-state index < -0.39 is 16.0 Å². The number of furan rings is 1. The molecule has 186 valence electrons. The maximum absolute atomic E-state index is 13.0. The van der Waals surface area contributed by atoms with Gasteiger partial charge in [0.25, 0.3) is 16.8 Å². The molecule has 0 aliphatic carbocycles. The third kappa shape index (κ3) is 4.69. The van der Waals surface area contributed by atoms with Crippen LogP contribution in [0.25, 0.3) is 22.4 Å². The number of rotatable bonds is 7. The van der Waals surface area contributed by atoms with Crippen LogP contribution in [0.1, 0.15) is 17.0 Å². The summed E-state index contributed by atoms with van der Waals surface area (Å²) in [6, 6.07) is 14.6. The van der Waals surface area contributed by atoms with Crippen LogP contribution in [-0.2, 0) is 6.42 Å². The van der Waals surface area contributed by atoms with Gasteiger partial charge in [0.05, 0.1) is 19.1 Å². The Bertz CT molecular complexity index is 1820. The lowest BCUT2D eigenvalue weighted by molar-refractivity contribution is -0.384. The molecule has 0 atom stereocenters. The number of hydrogen-bond acceptors (Lipinski definition) is 10. The Morgan fingerprint density at radius 2 is 1.89 bits per heavy atom. The van der Waals surface area contributed by atoms with Crippen molar-refractivity contribution in [2.24, 2.45) is 0 Å². The molecule has 0 N–H and O–H groups in total. The molecule has 0 saturated heterocycles. The van der Waals surface area contributed by atoms with Gasteiger partial charge >= 0.3 is 0 Å². The zero-order valence-electron chi connectivity index (χ0n) is 19.5. The van der Waals surface area contributed by atoms with E-state index in [1.807, 2.05) is 0 Å². The number of ether oxygens (including phenoxy) is 2. The highest BCUT2D eigenvalue weighted by atomic mass is 32.1. The van der Waals surface area contributed by atoms with Gasteiger partial charge in [-0.1, -0.05) is 29.5 Å².